The molecular formula is C15H20N2O3. The first-order valence-corrected chi connectivity index (χ1v) is 6.82. The number of hydrogen-bond donors (Lipinski definition) is 1. The SMILES string of the molecule is CCN(C)C(=O)CN1CC(C(=O)O)Cc2ccccc21. The van der Waals surface area contributed by atoms with E-state index < -0.39 is 11.9 Å². The highest BCUT2D eigenvalue weighted by Gasteiger charge is 2.30. The second kappa shape index (κ2) is 5.94. The van der Waals surface area contributed by atoms with Crippen LogP contribution in [-0.4, -0.2) is 48.6 Å². The van der Waals surface area contributed by atoms with E-state index in [0.29, 0.717) is 19.5 Å². The number of carboxylic acid groups (broad SMARTS) is 1. The highest BCUT2D eigenvalue weighted by Crippen LogP contribution is 2.29. The zero-order valence-corrected chi connectivity index (χ0v) is 11.9. The Morgan fingerprint density at radius 1 is 1.40 bits per heavy atom. The number of nitrogens with zero attached hydrogens (tertiary/aromatic N) is 2. The lowest BCUT2D eigenvalue weighted by Gasteiger charge is -2.34. The van der Waals surface area contributed by atoms with Crippen LogP contribution in [0.2, 0.25) is 0 Å². The van der Waals surface area contributed by atoms with Crippen molar-refractivity contribution in [3.05, 3.63) is 29.8 Å². The number of anilines is 1. The lowest BCUT2D eigenvalue weighted by molar-refractivity contribution is -0.141. The fourth-order valence-electron chi connectivity index (χ4n) is 2.46. The summed E-state index contributed by atoms with van der Waals surface area (Å²) in [7, 11) is 1.76. The minimum absolute atomic E-state index is 0.00772. The molecule has 1 aliphatic rings. The summed E-state index contributed by atoms with van der Waals surface area (Å²) in [5.41, 5.74) is 1.97. The number of carboxylic acids is 1. The molecule has 0 radical (unpaired) electrons. The Morgan fingerprint density at radius 3 is 2.75 bits per heavy atom. The monoisotopic (exact) mass is 276 g/mol. The number of rotatable bonds is 4. The molecule has 1 aromatic rings. The molecule has 1 atom stereocenters. The van der Waals surface area contributed by atoms with Crippen molar-refractivity contribution < 1.29 is 14.7 Å². The van der Waals surface area contributed by atoms with Crippen LogP contribution < -0.4 is 4.90 Å². The zero-order valence-electron chi connectivity index (χ0n) is 11.9. The Bertz CT molecular complexity index is 516. The van der Waals surface area contributed by atoms with Gasteiger partial charge in [0.2, 0.25) is 5.91 Å². The van der Waals surface area contributed by atoms with Gasteiger partial charge in [-0.15, -0.1) is 0 Å². The second-order valence-electron chi connectivity index (χ2n) is 5.16. The van der Waals surface area contributed by atoms with Crippen molar-refractivity contribution in [2.24, 2.45) is 5.92 Å². The van der Waals surface area contributed by atoms with E-state index in [4.69, 9.17) is 0 Å². The fourth-order valence-corrected chi connectivity index (χ4v) is 2.46. The molecule has 0 aromatic heterocycles. The van der Waals surface area contributed by atoms with Crippen molar-refractivity contribution in [2.45, 2.75) is 13.3 Å². The molecule has 1 unspecified atom stereocenters. The third-order valence-electron chi connectivity index (χ3n) is 3.81. The molecule has 108 valence electrons. The highest BCUT2D eigenvalue weighted by molar-refractivity contribution is 5.83. The summed E-state index contributed by atoms with van der Waals surface area (Å²) in [6.07, 6.45) is 0.528. The van der Waals surface area contributed by atoms with Gasteiger partial charge in [0.25, 0.3) is 0 Å². The Balaban J connectivity index is 2.22. The maximum absolute atomic E-state index is 12.1. The molecule has 0 aliphatic carbocycles. The fraction of sp³-hybridized carbons (Fsp3) is 0.467. The summed E-state index contributed by atoms with van der Waals surface area (Å²) in [6.45, 7) is 3.18. The largest absolute Gasteiger partial charge is 0.481 e. The predicted molar refractivity (Wildman–Crippen MR) is 76.8 cm³/mol. The van der Waals surface area contributed by atoms with Gasteiger partial charge in [-0.1, -0.05) is 18.2 Å². The Kier molecular flexibility index (Phi) is 4.27. The van der Waals surface area contributed by atoms with E-state index >= 15 is 0 Å². The maximum Gasteiger partial charge on any atom is 0.308 e. The Hall–Kier alpha value is -2.04. The van der Waals surface area contributed by atoms with Crippen molar-refractivity contribution in [3.63, 3.8) is 0 Å². The molecule has 5 nitrogen and oxygen atoms in total. The summed E-state index contributed by atoms with van der Waals surface area (Å²) in [4.78, 5) is 26.9. The number of para-hydroxylation sites is 1. The number of fused-ring (bicyclic) bond motifs is 1. The van der Waals surface area contributed by atoms with E-state index in [9.17, 15) is 14.7 Å². The van der Waals surface area contributed by atoms with Gasteiger partial charge in [0.1, 0.15) is 0 Å². The first kappa shape index (κ1) is 14.4. The smallest absolute Gasteiger partial charge is 0.308 e. The summed E-state index contributed by atoms with van der Waals surface area (Å²) < 4.78 is 0. The van der Waals surface area contributed by atoms with Crippen LogP contribution in [0.4, 0.5) is 5.69 Å². The van der Waals surface area contributed by atoms with Gasteiger partial charge in [0.05, 0.1) is 12.5 Å². The van der Waals surface area contributed by atoms with Gasteiger partial charge >= 0.3 is 5.97 Å². The molecule has 1 aliphatic heterocycles. The van der Waals surface area contributed by atoms with Crippen LogP contribution in [0.5, 0.6) is 0 Å². The molecule has 0 bridgehead atoms. The topological polar surface area (TPSA) is 60.9 Å². The van der Waals surface area contributed by atoms with E-state index in [1.54, 1.807) is 11.9 Å². The lowest BCUT2D eigenvalue weighted by atomic mass is 9.92. The highest BCUT2D eigenvalue weighted by atomic mass is 16.4. The number of aliphatic carboxylic acids is 1. The van der Waals surface area contributed by atoms with Crippen LogP contribution in [-0.2, 0) is 16.0 Å². The number of benzene rings is 1. The summed E-state index contributed by atoms with van der Waals surface area (Å²) in [5, 5.41) is 9.25. The average molecular weight is 276 g/mol. The molecule has 1 aromatic carbocycles. The summed E-state index contributed by atoms with van der Waals surface area (Å²) in [5.74, 6) is -1.25. The van der Waals surface area contributed by atoms with Crippen molar-refractivity contribution in [1.82, 2.24) is 4.90 Å². The molecule has 20 heavy (non-hydrogen) atoms. The van der Waals surface area contributed by atoms with E-state index in [0.717, 1.165) is 11.3 Å². The molecular weight excluding hydrogens is 256 g/mol. The van der Waals surface area contributed by atoms with Crippen LogP contribution in [0.15, 0.2) is 24.3 Å². The van der Waals surface area contributed by atoms with Crippen molar-refractivity contribution in [1.29, 1.82) is 0 Å². The predicted octanol–water partition coefficient (Wildman–Crippen LogP) is 1.23. The maximum atomic E-state index is 12.1. The van der Waals surface area contributed by atoms with E-state index in [1.165, 1.54) is 0 Å². The van der Waals surface area contributed by atoms with Crippen LogP contribution in [0.3, 0.4) is 0 Å². The third kappa shape index (κ3) is 2.92. The van der Waals surface area contributed by atoms with Crippen molar-refractivity contribution in [3.8, 4) is 0 Å². The molecule has 2 rings (SSSR count). The van der Waals surface area contributed by atoms with Gasteiger partial charge in [0.15, 0.2) is 0 Å². The van der Waals surface area contributed by atoms with Crippen LogP contribution in [0.1, 0.15) is 12.5 Å². The first-order valence-electron chi connectivity index (χ1n) is 6.82. The Morgan fingerprint density at radius 2 is 2.10 bits per heavy atom. The number of likely N-dealkylation sites (N-methyl/N-ethyl adjacent to an activating group) is 1. The molecule has 0 spiro atoms. The minimum atomic E-state index is -0.805. The first-order chi connectivity index (χ1) is 9.52. The third-order valence-corrected chi connectivity index (χ3v) is 3.81. The van der Waals surface area contributed by atoms with Gasteiger partial charge in [-0.3, -0.25) is 9.59 Å². The van der Waals surface area contributed by atoms with Crippen LogP contribution in [0, 0.1) is 5.92 Å². The van der Waals surface area contributed by atoms with Gasteiger partial charge < -0.3 is 14.9 Å². The standard InChI is InChI=1S/C15H20N2O3/c1-3-16(2)14(18)10-17-9-12(15(19)20)8-11-6-4-5-7-13(11)17/h4-7,12H,3,8-10H2,1-2H3,(H,19,20). The van der Waals surface area contributed by atoms with Crippen molar-refractivity contribution >= 4 is 17.6 Å². The second-order valence-corrected chi connectivity index (χ2v) is 5.16. The summed E-state index contributed by atoms with van der Waals surface area (Å²) in [6, 6.07) is 7.71. The zero-order chi connectivity index (χ0) is 14.7. The lowest BCUT2D eigenvalue weighted by Crippen LogP contribution is -2.44. The normalized spacial score (nSPS) is 17.5. The number of amides is 1. The van der Waals surface area contributed by atoms with Crippen LogP contribution >= 0.6 is 0 Å². The molecule has 1 N–H and O–H groups in total. The van der Waals surface area contributed by atoms with Gasteiger partial charge in [0, 0.05) is 25.8 Å². The van der Waals surface area contributed by atoms with E-state index in [-0.39, 0.29) is 12.5 Å². The molecule has 1 heterocycles. The quantitative estimate of drug-likeness (QED) is 0.898. The summed E-state index contributed by atoms with van der Waals surface area (Å²) >= 11 is 0. The van der Waals surface area contributed by atoms with Gasteiger partial charge in [-0.2, -0.15) is 0 Å². The van der Waals surface area contributed by atoms with E-state index in [1.807, 2.05) is 36.1 Å². The number of carbonyl (C=O) groups is 2. The van der Waals surface area contributed by atoms with Gasteiger partial charge in [-0.05, 0) is 25.0 Å². The number of carbonyl (C=O) groups excluding carboxylic acids is 1. The Labute approximate surface area is 118 Å². The average Bonchev–Trinajstić information content (AvgIpc) is 2.46. The molecule has 0 saturated heterocycles. The molecule has 5 heteroatoms. The van der Waals surface area contributed by atoms with Crippen molar-refractivity contribution in [2.75, 3.05) is 31.6 Å². The molecule has 0 fully saturated rings. The van der Waals surface area contributed by atoms with Crippen LogP contribution in [0.25, 0.3) is 0 Å². The molecule has 1 amide bonds. The molecule has 0 saturated carbocycles. The number of hydrogen-bond acceptors (Lipinski definition) is 3. The van der Waals surface area contributed by atoms with Gasteiger partial charge in [-0.25, -0.2) is 0 Å². The van der Waals surface area contributed by atoms with E-state index in [2.05, 4.69) is 0 Å². The minimum Gasteiger partial charge on any atom is -0.481 e.